The number of hydrogen-bond acceptors (Lipinski definition) is 9. The number of carbonyl (C=O) groups excluding carboxylic acids is 3. The lowest BCUT2D eigenvalue weighted by Crippen LogP contribution is -2.12. The maximum Gasteiger partial charge on any atom is 0.259 e. The Morgan fingerprint density at radius 1 is 0.500 bits per heavy atom. The summed E-state index contributed by atoms with van der Waals surface area (Å²) in [6, 6.07) is 41.0. The number of ketones is 1. The van der Waals surface area contributed by atoms with Crippen LogP contribution in [0.2, 0.25) is 10.0 Å². The summed E-state index contributed by atoms with van der Waals surface area (Å²) in [5.41, 5.74) is 4.43. The van der Waals surface area contributed by atoms with Gasteiger partial charge in [-0.15, -0.1) is 10.2 Å². The van der Waals surface area contributed by atoms with Crippen molar-refractivity contribution < 1.29 is 24.6 Å². The topological polar surface area (TPSA) is 165 Å². The summed E-state index contributed by atoms with van der Waals surface area (Å²) in [5.74, 6) is -1.95. The van der Waals surface area contributed by atoms with E-state index in [-0.39, 0.29) is 34.1 Å². The predicted molar refractivity (Wildman–Crippen MR) is 234 cm³/mol. The summed E-state index contributed by atoms with van der Waals surface area (Å²) in [5, 5.41) is 48.5. The largest absolute Gasteiger partial charge is 0.507 e. The van der Waals surface area contributed by atoms with E-state index in [9.17, 15) is 24.6 Å². The molecular weight excluding hydrogens is 799 g/mol. The SMILES string of the molecule is O=C(Nc1ccccc1Cl)c1cc2cccc(N=Nc3ccc4c(c3)C(=O)c3cc(N=Nc5c(O)c(C(=O)Nc6ccccc6Cl)cc6ccccc56)ccc3-4)c2cc1O. The summed E-state index contributed by atoms with van der Waals surface area (Å²) in [4.78, 5) is 40.2. The third-order valence-corrected chi connectivity index (χ3v) is 10.7. The summed E-state index contributed by atoms with van der Waals surface area (Å²) >= 11 is 12.5. The first kappa shape index (κ1) is 37.8. The van der Waals surface area contributed by atoms with E-state index >= 15 is 0 Å². The lowest BCUT2D eigenvalue weighted by atomic mass is 10.0. The molecule has 0 saturated carbocycles. The van der Waals surface area contributed by atoms with Crippen molar-refractivity contribution in [3.05, 3.63) is 178 Å². The van der Waals surface area contributed by atoms with Gasteiger partial charge in [0.05, 0.1) is 49.6 Å². The summed E-state index contributed by atoms with van der Waals surface area (Å²) in [6.07, 6.45) is 0. The molecule has 1 aliphatic carbocycles. The summed E-state index contributed by atoms with van der Waals surface area (Å²) in [7, 11) is 0. The average Bonchev–Trinajstić information content (AvgIpc) is 3.53. The molecular formula is C47H28Cl2N6O5. The van der Waals surface area contributed by atoms with Gasteiger partial charge in [-0.05, 0) is 94.7 Å². The van der Waals surface area contributed by atoms with Gasteiger partial charge in [0.15, 0.2) is 11.5 Å². The van der Waals surface area contributed by atoms with Gasteiger partial charge < -0.3 is 20.8 Å². The molecule has 0 heterocycles. The first-order valence-corrected chi connectivity index (χ1v) is 19.2. The van der Waals surface area contributed by atoms with Crippen LogP contribution in [0.1, 0.15) is 36.6 Å². The highest BCUT2D eigenvalue weighted by Gasteiger charge is 2.28. The molecule has 11 nitrogen and oxygen atoms in total. The summed E-state index contributed by atoms with van der Waals surface area (Å²) in [6.45, 7) is 0. The zero-order chi connectivity index (χ0) is 41.5. The molecule has 0 radical (unpaired) electrons. The Kier molecular flexibility index (Phi) is 9.81. The maximum atomic E-state index is 13.8. The Morgan fingerprint density at radius 3 is 1.68 bits per heavy atom. The van der Waals surface area contributed by atoms with E-state index in [2.05, 4.69) is 31.1 Å². The number of hydrogen-bond donors (Lipinski definition) is 4. The zero-order valence-corrected chi connectivity index (χ0v) is 32.5. The average molecular weight is 828 g/mol. The van der Waals surface area contributed by atoms with Crippen molar-refractivity contribution in [1.82, 2.24) is 0 Å². The Morgan fingerprint density at radius 2 is 1.03 bits per heavy atom. The highest BCUT2D eigenvalue weighted by Crippen LogP contribution is 2.43. The van der Waals surface area contributed by atoms with Gasteiger partial charge in [-0.25, -0.2) is 0 Å². The number of halogens is 2. The number of phenolic OH excluding ortho intramolecular Hbond substituents is 2. The van der Waals surface area contributed by atoms with Crippen LogP contribution < -0.4 is 10.6 Å². The highest BCUT2D eigenvalue weighted by molar-refractivity contribution is 6.34. The minimum Gasteiger partial charge on any atom is -0.507 e. The zero-order valence-electron chi connectivity index (χ0n) is 31.0. The molecule has 290 valence electrons. The monoisotopic (exact) mass is 826 g/mol. The number of phenols is 2. The normalized spacial score (nSPS) is 12.0. The fraction of sp³-hybridized carbons (Fsp3) is 0. The first-order valence-electron chi connectivity index (χ1n) is 18.4. The second kappa shape index (κ2) is 15.6. The number of aromatic hydroxyl groups is 2. The number of nitrogens with zero attached hydrogens (tertiary/aromatic N) is 4. The van der Waals surface area contributed by atoms with E-state index in [1.807, 2.05) is 6.07 Å². The van der Waals surface area contributed by atoms with Crippen molar-refractivity contribution in [2.24, 2.45) is 20.5 Å². The lowest BCUT2D eigenvalue weighted by molar-refractivity contribution is 0.101. The number of anilines is 2. The maximum absolute atomic E-state index is 13.8. The number of azo groups is 2. The first-order chi connectivity index (χ1) is 29.1. The van der Waals surface area contributed by atoms with E-state index < -0.39 is 11.8 Å². The molecule has 0 atom stereocenters. The second-order valence-corrected chi connectivity index (χ2v) is 14.6. The third-order valence-electron chi connectivity index (χ3n) is 10.0. The number of fused-ring (bicyclic) bond motifs is 5. The minimum absolute atomic E-state index is 0.0162. The molecule has 60 heavy (non-hydrogen) atoms. The lowest BCUT2D eigenvalue weighted by Gasteiger charge is -2.12. The Bertz CT molecular complexity index is 3180. The van der Waals surface area contributed by atoms with Gasteiger partial charge in [0, 0.05) is 21.9 Å². The smallest absolute Gasteiger partial charge is 0.259 e. The van der Waals surface area contributed by atoms with Crippen molar-refractivity contribution in [3.63, 3.8) is 0 Å². The van der Waals surface area contributed by atoms with E-state index in [4.69, 9.17) is 23.2 Å². The number of rotatable bonds is 8. The van der Waals surface area contributed by atoms with Crippen molar-refractivity contribution in [1.29, 1.82) is 0 Å². The van der Waals surface area contributed by atoms with Gasteiger partial charge in [0.25, 0.3) is 11.8 Å². The minimum atomic E-state index is -0.579. The van der Waals surface area contributed by atoms with Crippen molar-refractivity contribution in [2.75, 3.05) is 10.6 Å². The Labute approximate surface area is 351 Å². The fourth-order valence-electron chi connectivity index (χ4n) is 7.06. The van der Waals surface area contributed by atoms with Gasteiger partial charge in [0.1, 0.15) is 11.4 Å². The van der Waals surface area contributed by atoms with Crippen LogP contribution in [0.5, 0.6) is 11.5 Å². The Hall–Kier alpha value is -7.73. The molecule has 0 fully saturated rings. The molecule has 9 rings (SSSR count). The van der Waals surface area contributed by atoms with Gasteiger partial charge in [-0.1, -0.05) is 96.0 Å². The van der Waals surface area contributed by atoms with Crippen LogP contribution in [0.25, 0.3) is 32.7 Å². The fourth-order valence-corrected chi connectivity index (χ4v) is 7.43. The van der Waals surface area contributed by atoms with E-state index in [0.717, 1.165) is 5.56 Å². The second-order valence-electron chi connectivity index (χ2n) is 13.8. The molecule has 0 spiro atoms. The van der Waals surface area contributed by atoms with Crippen LogP contribution in [-0.2, 0) is 0 Å². The van der Waals surface area contributed by atoms with Crippen LogP contribution >= 0.6 is 23.2 Å². The molecule has 0 aliphatic heterocycles. The number of para-hydroxylation sites is 2. The summed E-state index contributed by atoms with van der Waals surface area (Å²) < 4.78 is 0. The number of benzene rings is 8. The Balaban J connectivity index is 0.961. The molecule has 0 unspecified atom stereocenters. The standard InChI is InChI=1S/C47H28Cl2N6O5/c48-37-11-3-5-13-40(37)50-46(59)35-20-26-9-7-15-39(32(26)24-42(35)56)54-52-27-16-18-30-31-19-17-28(23-34(31)44(57)33(30)22-27)53-55-43-29-10-2-1-8-25(29)21-36(45(43)58)47(60)51-41-14-6-4-12-38(41)49/h1-24,56,58H,(H,50,59)(H,51,60). The van der Waals surface area contributed by atoms with E-state index in [1.165, 1.54) is 6.07 Å². The van der Waals surface area contributed by atoms with Gasteiger partial charge in [0.2, 0.25) is 0 Å². The van der Waals surface area contributed by atoms with Crippen LogP contribution in [0.4, 0.5) is 34.1 Å². The number of nitrogens with one attached hydrogen (secondary N) is 2. The third kappa shape index (κ3) is 7.08. The molecule has 0 saturated heterocycles. The van der Waals surface area contributed by atoms with Gasteiger partial charge >= 0.3 is 0 Å². The van der Waals surface area contributed by atoms with Crippen LogP contribution in [-0.4, -0.2) is 27.8 Å². The van der Waals surface area contributed by atoms with Crippen LogP contribution in [0.3, 0.4) is 0 Å². The van der Waals surface area contributed by atoms with Crippen LogP contribution in [0, 0.1) is 0 Å². The van der Waals surface area contributed by atoms with Gasteiger partial charge in [-0.2, -0.15) is 10.2 Å². The quantitative estimate of drug-likeness (QED) is 0.112. The highest BCUT2D eigenvalue weighted by atomic mass is 35.5. The molecule has 2 amide bonds. The van der Waals surface area contributed by atoms with Crippen molar-refractivity contribution in [2.45, 2.75) is 0 Å². The molecule has 1 aliphatic rings. The number of carbonyl (C=O) groups is 3. The molecule has 8 aromatic rings. The van der Waals surface area contributed by atoms with Crippen molar-refractivity contribution >= 4 is 96.5 Å². The molecule has 8 aromatic carbocycles. The van der Waals surface area contributed by atoms with Crippen LogP contribution in [0.15, 0.2) is 166 Å². The predicted octanol–water partition coefficient (Wildman–Crippen LogP) is 13.3. The van der Waals surface area contributed by atoms with E-state index in [1.54, 1.807) is 133 Å². The molecule has 0 bridgehead atoms. The van der Waals surface area contributed by atoms with Crippen molar-refractivity contribution in [3.8, 4) is 22.6 Å². The molecule has 4 N–H and O–H groups in total. The molecule has 13 heteroatoms. The van der Waals surface area contributed by atoms with Gasteiger partial charge in [-0.3, -0.25) is 14.4 Å². The number of amides is 2. The molecule has 0 aromatic heterocycles. The van der Waals surface area contributed by atoms with E-state index in [0.29, 0.717) is 76.7 Å².